The van der Waals surface area contributed by atoms with Crippen LogP contribution in [-0.4, -0.2) is 28.4 Å². The number of nitrogens with two attached hydrogens (primary N) is 1. The molecule has 0 radical (unpaired) electrons. The monoisotopic (exact) mass is 332 g/mol. The molecule has 0 atom stereocenters. The Morgan fingerprint density at radius 2 is 1.95 bits per heavy atom. The summed E-state index contributed by atoms with van der Waals surface area (Å²) in [5.41, 5.74) is 5.17. The highest BCUT2D eigenvalue weighted by molar-refractivity contribution is 7.80. The van der Waals surface area contributed by atoms with Gasteiger partial charge in [0.15, 0.2) is 0 Å². The Bertz CT molecular complexity index is 576. The molecule has 0 unspecified atom stereocenters. The van der Waals surface area contributed by atoms with E-state index in [0.717, 1.165) is 37.8 Å². The van der Waals surface area contributed by atoms with Gasteiger partial charge in [-0.3, -0.25) is 4.79 Å². The fourth-order valence-electron chi connectivity index (χ4n) is 2.59. The molecule has 7 heteroatoms. The molecule has 1 aromatic carbocycles. The van der Waals surface area contributed by atoms with Crippen LogP contribution in [0.2, 0.25) is 5.02 Å². The van der Waals surface area contributed by atoms with E-state index in [2.05, 4.69) is 0 Å². The van der Waals surface area contributed by atoms with Crippen LogP contribution in [0.25, 0.3) is 0 Å². The highest BCUT2D eigenvalue weighted by Gasteiger charge is 2.29. The van der Waals surface area contributed by atoms with Crippen LogP contribution < -0.4 is 5.73 Å². The van der Waals surface area contributed by atoms with Gasteiger partial charge < -0.3 is 10.6 Å². The molecule has 21 heavy (non-hydrogen) atoms. The van der Waals surface area contributed by atoms with Crippen molar-refractivity contribution in [2.24, 2.45) is 5.73 Å². The van der Waals surface area contributed by atoms with Crippen molar-refractivity contribution in [3.63, 3.8) is 0 Å². The van der Waals surface area contributed by atoms with Crippen molar-refractivity contribution >= 4 is 34.7 Å². The molecular weight excluding hydrogens is 318 g/mol. The van der Waals surface area contributed by atoms with Gasteiger partial charge >= 0.3 is 0 Å². The number of hydrogen-bond acceptors (Lipinski definition) is 2. The predicted molar refractivity (Wildman–Crippen MR) is 81.4 cm³/mol. The second-order valence-electron chi connectivity index (χ2n) is 5.08. The summed E-state index contributed by atoms with van der Waals surface area (Å²) in [5.74, 6) is -2.29. The molecule has 3 nitrogen and oxygen atoms in total. The van der Waals surface area contributed by atoms with Crippen molar-refractivity contribution in [3.8, 4) is 0 Å². The normalized spacial score (nSPS) is 15.2. The summed E-state index contributed by atoms with van der Waals surface area (Å²) in [5, 5.41) is -0.356. The highest BCUT2D eigenvalue weighted by Crippen LogP contribution is 2.27. The molecule has 0 saturated heterocycles. The molecule has 0 heterocycles. The van der Waals surface area contributed by atoms with E-state index in [1.54, 1.807) is 0 Å². The maximum absolute atomic E-state index is 13.9. The number of halogens is 3. The van der Waals surface area contributed by atoms with Crippen LogP contribution >= 0.6 is 23.8 Å². The van der Waals surface area contributed by atoms with Crippen molar-refractivity contribution in [1.82, 2.24) is 4.90 Å². The van der Waals surface area contributed by atoms with Crippen molar-refractivity contribution in [1.29, 1.82) is 0 Å². The standard InChI is InChI=1S/C14H15ClF2N2OS/c15-10-6-11(16)9(5-12(10)17)14(20)19(7-13(18)21)8-3-1-2-4-8/h5-6,8H,1-4,7H2,(H2,18,21). The minimum absolute atomic E-state index is 0.0443. The smallest absolute Gasteiger partial charge is 0.257 e. The SMILES string of the molecule is NC(=S)CN(C(=O)c1cc(F)c(Cl)cc1F)C1CCCC1. The van der Waals surface area contributed by atoms with Crippen molar-refractivity contribution in [2.75, 3.05) is 6.54 Å². The van der Waals surface area contributed by atoms with E-state index in [9.17, 15) is 13.6 Å². The average molecular weight is 333 g/mol. The fraction of sp³-hybridized carbons (Fsp3) is 0.429. The van der Waals surface area contributed by atoms with Gasteiger partial charge in [-0.15, -0.1) is 0 Å². The second-order valence-corrected chi connectivity index (χ2v) is 6.02. The molecular formula is C14H15ClF2N2OS. The van der Waals surface area contributed by atoms with Crippen molar-refractivity contribution < 1.29 is 13.6 Å². The summed E-state index contributed by atoms with van der Waals surface area (Å²) < 4.78 is 27.4. The molecule has 1 amide bonds. The lowest BCUT2D eigenvalue weighted by Crippen LogP contribution is -2.44. The Morgan fingerprint density at radius 1 is 1.33 bits per heavy atom. The first-order chi connectivity index (χ1) is 9.90. The molecule has 2 rings (SSSR count). The van der Waals surface area contributed by atoms with E-state index in [1.807, 2.05) is 0 Å². The van der Waals surface area contributed by atoms with Gasteiger partial charge in [0, 0.05) is 6.04 Å². The number of nitrogens with zero attached hydrogens (tertiary/aromatic N) is 1. The fourth-order valence-corrected chi connectivity index (χ4v) is 2.88. The van der Waals surface area contributed by atoms with Gasteiger partial charge in [-0.25, -0.2) is 8.78 Å². The second kappa shape index (κ2) is 6.66. The highest BCUT2D eigenvalue weighted by atomic mass is 35.5. The van der Waals surface area contributed by atoms with E-state index < -0.39 is 17.5 Å². The first-order valence-electron chi connectivity index (χ1n) is 6.64. The van der Waals surface area contributed by atoms with E-state index in [1.165, 1.54) is 4.90 Å². The summed E-state index contributed by atoms with van der Waals surface area (Å²) in [6.45, 7) is 0.0581. The van der Waals surface area contributed by atoms with Gasteiger partial charge in [0.25, 0.3) is 5.91 Å². The van der Waals surface area contributed by atoms with Gasteiger partial charge in [-0.05, 0) is 25.0 Å². The van der Waals surface area contributed by atoms with E-state index in [0.29, 0.717) is 0 Å². The van der Waals surface area contributed by atoms with Crippen LogP contribution in [-0.2, 0) is 0 Å². The largest absolute Gasteiger partial charge is 0.392 e. The van der Waals surface area contributed by atoms with E-state index >= 15 is 0 Å². The Balaban J connectivity index is 2.33. The predicted octanol–water partition coefficient (Wildman–Crippen LogP) is 3.29. The van der Waals surface area contributed by atoms with Gasteiger partial charge in [0.05, 0.1) is 22.1 Å². The maximum Gasteiger partial charge on any atom is 0.257 e. The van der Waals surface area contributed by atoms with Gasteiger partial charge in [-0.2, -0.15) is 0 Å². The number of amides is 1. The zero-order chi connectivity index (χ0) is 15.6. The molecule has 1 saturated carbocycles. The molecule has 1 aliphatic rings. The number of carbonyl (C=O) groups is 1. The quantitative estimate of drug-likeness (QED) is 0.680. The summed E-state index contributed by atoms with van der Waals surface area (Å²) in [6.07, 6.45) is 3.60. The van der Waals surface area contributed by atoms with Crippen LogP contribution in [0.15, 0.2) is 12.1 Å². The van der Waals surface area contributed by atoms with Crippen LogP contribution in [0.3, 0.4) is 0 Å². The molecule has 0 spiro atoms. The lowest BCUT2D eigenvalue weighted by molar-refractivity contribution is 0.0709. The Morgan fingerprint density at radius 3 is 2.52 bits per heavy atom. The van der Waals surface area contributed by atoms with Crippen LogP contribution in [0, 0.1) is 11.6 Å². The number of carbonyl (C=O) groups excluding carboxylic acids is 1. The molecule has 1 aromatic rings. The Labute approximate surface area is 132 Å². The Hall–Kier alpha value is -1.27. The third kappa shape index (κ3) is 3.68. The topological polar surface area (TPSA) is 46.3 Å². The number of rotatable bonds is 4. The lowest BCUT2D eigenvalue weighted by atomic mass is 10.1. The first kappa shape index (κ1) is 16.1. The van der Waals surface area contributed by atoms with Gasteiger partial charge in [0.2, 0.25) is 0 Å². The summed E-state index contributed by atoms with van der Waals surface area (Å²) in [4.78, 5) is 14.1. The zero-order valence-electron chi connectivity index (χ0n) is 11.2. The third-order valence-electron chi connectivity index (χ3n) is 3.59. The van der Waals surface area contributed by atoms with Crippen LogP contribution in [0.1, 0.15) is 36.0 Å². The maximum atomic E-state index is 13.9. The third-order valence-corrected chi connectivity index (χ3v) is 4.01. The molecule has 1 aliphatic carbocycles. The minimum Gasteiger partial charge on any atom is -0.392 e. The zero-order valence-corrected chi connectivity index (χ0v) is 12.8. The van der Waals surface area contributed by atoms with Gasteiger partial charge in [-0.1, -0.05) is 36.7 Å². The number of benzene rings is 1. The molecule has 0 aromatic heterocycles. The molecule has 0 bridgehead atoms. The number of hydrogen-bond donors (Lipinski definition) is 1. The lowest BCUT2D eigenvalue weighted by Gasteiger charge is -2.28. The van der Waals surface area contributed by atoms with Crippen LogP contribution in [0.5, 0.6) is 0 Å². The molecule has 114 valence electrons. The number of thiocarbonyl (C=S) groups is 1. The molecule has 0 aliphatic heterocycles. The summed E-state index contributed by atoms with van der Waals surface area (Å²) in [7, 11) is 0. The van der Waals surface area contributed by atoms with Crippen molar-refractivity contribution in [2.45, 2.75) is 31.7 Å². The van der Waals surface area contributed by atoms with E-state index in [4.69, 9.17) is 29.6 Å². The minimum atomic E-state index is -0.850. The van der Waals surface area contributed by atoms with Gasteiger partial charge in [0.1, 0.15) is 11.6 Å². The van der Waals surface area contributed by atoms with Crippen LogP contribution in [0.4, 0.5) is 8.78 Å². The molecule has 2 N–H and O–H groups in total. The first-order valence-corrected chi connectivity index (χ1v) is 7.42. The average Bonchev–Trinajstić information content (AvgIpc) is 2.93. The molecule has 1 fully saturated rings. The van der Waals surface area contributed by atoms with Crippen molar-refractivity contribution in [3.05, 3.63) is 34.4 Å². The summed E-state index contributed by atoms with van der Waals surface area (Å²) in [6, 6.07) is 1.58. The van der Waals surface area contributed by atoms with E-state index in [-0.39, 0.29) is 28.2 Å². The summed E-state index contributed by atoms with van der Waals surface area (Å²) >= 11 is 10.4. The Kier molecular flexibility index (Phi) is 5.11.